The first-order valence-electron chi connectivity index (χ1n) is 6.22. The lowest BCUT2D eigenvalue weighted by molar-refractivity contribution is 0.0733. The highest BCUT2D eigenvalue weighted by atomic mass is 16.4. The molecular weight excluding hydrogens is 242 g/mol. The summed E-state index contributed by atoms with van der Waals surface area (Å²) in [5.74, 6) is -0.0878. The molecule has 0 radical (unpaired) electrons. The third kappa shape index (κ3) is 3.47. The fraction of sp³-hybridized carbons (Fsp3) is 0.429. The van der Waals surface area contributed by atoms with Crippen molar-refractivity contribution in [3.05, 3.63) is 34.9 Å². The van der Waals surface area contributed by atoms with Crippen LogP contribution in [0, 0.1) is 13.8 Å². The lowest BCUT2D eigenvalue weighted by Gasteiger charge is -2.27. The predicted octanol–water partition coefficient (Wildman–Crippen LogP) is 1.90. The van der Waals surface area contributed by atoms with E-state index in [0.717, 1.165) is 11.1 Å². The number of oxime groups is 1. The number of hydrogen-bond donors (Lipinski definition) is 2. The van der Waals surface area contributed by atoms with Crippen molar-refractivity contribution in [2.24, 2.45) is 10.9 Å². The summed E-state index contributed by atoms with van der Waals surface area (Å²) in [6.07, 6.45) is 0. The molecule has 5 heteroatoms. The molecule has 1 amide bonds. The van der Waals surface area contributed by atoms with Crippen LogP contribution in [0.5, 0.6) is 0 Å². The van der Waals surface area contributed by atoms with Crippen LogP contribution in [0.2, 0.25) is 0 Å². The van der Waals surface area contributed by atoms with Gasteiger partial charge in [0.2, 0.25) is 0 Å². The van der Waals surface area contributed by atoms with Crippen molar-refractivity contribution in [1.29, 1.82) is 0 Å². The summed E-state index contributed by atoms with van der Waals surface area (Å²) in [6.45, 7) is 7.79. The van der Waals surface area contributed by atoms with Gasteiger partial charge in [0.05, 0.1) is 6.54 Å². The number of carbonyl (C=O) groups excluding carboxylic acids is 1. The fourth-order valence-corrected chi connectivity index (χ4v) is 1.83. The maximum atomic E-state index is 12.5. The molecule has 0 fully saturated rings. The molecule has 0 saturated heterocycles. The Morgan fingerprint density at radius 1 is 1.42 bits per heavy atom. The number of benzene rings is 1. The number of nitrogens with two attached hydrogens (primary N) is 1. The van der Waals surface area contributed by atoms with E-state index >= 15 is 0 Å². The maximum absolute atomic E-state index is 12.5. The molecule has 104 valence electrons. The smallest absolute Gasteiger partial charge is 0.254 e. The standard InChI is InChI=1S/C14H21N3O2/c1-9(2)17(8-13(15)16-19)14(18)12-7-5-6-10(3)11(12)4/h5-7,9,19H,8H2,1-4H3,(H2,15,16). The second-order valence-electron chi connectivity index (χ2n) is 4.87. The summed E-state index contributed by atoms with van der Waals surface area (Å²) in [6, 6.07) is 5.59. The van der Waals surface area contributed by atoms with Gasteiger partial charge in [-0.15, -0.1) is 0 Å². The number of amidine groups is 1. The molecule has 5 nitrogen and oxygen atoms in total. The molecule has 0 aromatic heterocycles. The van der Waals surface area contributed by atoms with E-state index in [1.54, 1.807) is 11.0 Å². The second kappa shape index (κ2) is 6.22. The van der Waals surface area contributed by atoms with Crippen molar-refractivity contribution >= 4 is 11.7 Å². The molecule has 0 aliphatic carbocycles. The zero-order valence-corrected chi connectivity index (χ0v) is 11.8. The first-order chi connectivity index (χ1) is 8.88. The lowest BCUT2D eigenvalue weighted by Crippen LogP contribution is -2.43. The zero-order valence-electron chi connectivity index (χ0n) is 11.8. The van der Waals surface area contributed by atoms with Crippen molar-refractivity contribution in [3.63, 3.8) is 0 Å². The molecule has 0 unspecified atom stereocenters. The molecule has 0 bridgehead atoms. The molecule has 0 spiro atoms. The average Bonchev–Trinajstić information content (AvgIpc) is 2.37. The van der Waals surface area contributed by atoms with Gasteiger partial charge in [-0.05, 0) is 44.9 Å². The van der Waals surface area contributed by atoms with Crippen molar-refractivity contribution in [3.8, 4) is 0 Å². The summed E-state index contributed by atoms with van der Waals surface area (Å²) in [4.78, 5) is 14.1. The molecule has 3 N–H and O–H groups in total. The van der Waals surface area contributed by atoms with E-state index < -0.39 is 0 Å². The molecule has 0 aliphatic rings. The maximum Gasteiger partial charge on any atom is 0.254 e. The lowest BCUT2D eigenvalue weighted by atomic mass is 10.0. The minimum absolute atomic E-state index is 0.0207. The Balaban J connectivity index is 3.10. The minimum Gasteiger partial charge on any atom is -0.409 e. The summed E-state index contributed by atoms with van der Waals surface area (Å²) in [5.41, 5.74) is 8.18. The van der Waals surface area contributed by atoms with Crippen molar-refractivity contribution in [1.82, 2.24) is 4.90 Å². The van der Waals surface area contributed by atoms with Gasteiger partial charge in [-0.1, -0.05) is 17.3 Å². The highest BCUT2D eigenvalue weighted by Crippen LogP contribution is 2.16. The van der Waals surface area contributed by atoms with Gasteiger partial charge in [-0.2, -0.15) is 0 Å². The summed E-state index contributed by atoms with van der Waals surface area (Å²) in [5, 5.41) is 11.6. The molecule has 0 saturated carbocycles. The van der Waals surface area contributed by atoms with Crippen molar-refractivity contribution < 1.29 is 10.0 Å². The fourth-order valence-electron chi connectivity index (χ4n) is 1.83. The Bertz CT molecular complexity index is 495. The Hall–Kier alpha value is -2.04. The van der Waals surface area contributed by atoms with E-state index in [2.05, 4.69) is 5.16 Å². The summed E-state index contributed by atoms with van der Waals surface area (Å²) in [7, 11) is 0. The summed E-state index contributed by atoms with van der Waals surface area (Å²) < 4.78 is 0. The van der Waals surface area contributed by atoms with Crippen LogP contribution in [0.1, 0.15) is 35.3 Å². The Morgan fingerprint density at radius 3 is 2.58 bits per heavy atom. The van der Waals surface area contributed by atoms with E-state index in [0.29, 0.717) is 5.56 Å². The number of rotatable bonds is 4. The van der Waals surface area contributed by atoms with E-state index in [9.17, 15) is 4.79 Å². The minimum atomic E-state index is -0.109. The number of aryl methyl sites for hydroxylation is 1. The van der Waals surface area contributed by atoms with Gasteiger partial charge in [-0.3, -0.25) is 4.79 Å². The number of carbonyl (C=O) groups is 1. The molecular formula is C14H21N3O2. The quantitative estimate of drug-likeness (QED) is 0.377. The van der Waals surface area contributed by atoms with Gasteiger partial charge in [0.25, 0.3) is 5.91 Å². The van der Waals surface area contributed by atoms with E-state index in [4.69, 9.17) is 10.9 Å². The van der Waals surface area contributed by atoms with Crippen LogP contribution in [0.3, 0.4) is 0 Å². The van der Waals surface area contributed by atoms with Crippen LogP contribution in [-0.2, 0) is 0 Å². The van der Waals surface area contributed by atoms with Crippen LogP contribution in [0.15, 0.2) is 23.4 Å². The molecule has 1 aromatic carbocycles. The summed E-state index contributed by atoms with van der Waals surface area (Å²) >= 11 is 0. The van der Waals surface area contributed by atoms with Gasteiger partial charge >= 0.3 is 0 Å². The molecule has 19 heavy (non-hydrogen) atoms. The van der Waals surface area contributed by atoms with Crippen molar-refractivity contribution in [2.45, 2.75) is 33.7 Å². The average molecular weight is 263 g/mol. The SMILES string of the molecule is Cc1cccc(C(=O)N(CC(N)=NO)C(C)C)c1C. The monoisotopic (exact) mass is 263 g/mol. The van der Waals surface area contributed by atoms with E-state index in [1.807, 2.05) is 39.8 Å². The Labute approximate surface area is 113 Å². The molecule has 0 aliphatic heterocycles. The van der Waals surface area contributed by atoms with Crippen LogP contribution in [0.4, 0.5) is 0 Å². The first kappa shape index (κ1) is 15.0. The number of amides is 1. The topological polar surface area (TPSA) is 78.9 Å². The Kier molecular flexibility index (Phi) is 4.92. The highest BCUT2D eigenvalue weighted by molar-refractivity contribution is 5.98. The molecule has 0 atom stereocenters. The van der Waals surface area contributed by atoms with Gasteiger partial charge in [0.15, 0.2) is 5.84 Å². The third-order valence-electron chi connectivity index (χ3n) is 3.18. The Morgan fingerprint density at radius 2 is 2.05 bits per heavy atom. The van der Waals surface area contributed by atoms with Crippen LogP contribution < -0.4 is 5.73 Å². The largest absolute Gasteiger partial charge is 0.409 e. The van der Waals surface area contributed by atoms with Crippen LogP contribution >= 0.6 is 0 Å². The highest BCUT2D eigenvalue weighted by Gasteiger charge is 2.21. The van der Waals surface area contributed by atoms with Gasteiger partial charge in [0, 0.05) is 11.6 Å². The molecule has 1 aromatic rings. The first-order valence-corrected chi connectivity index (χ1v) is 6.22. The van der Waals surface area contributed by atoms with Gasteiger partial charge < -0.3 is 15.8 Å². The van der Waals surface area contributed by atoms with Gasteiger partial charge in [-0.25, -0.2) is 0 Å². The number of nitrogens with zero attached hydrogens (tertiary/aromatic N) is 2. The van der Waals surface area contributed by atoms with Crippen molar-refractivity contribution in [2.75, 3.05) is 6.54 Å². The van der Waals surface area contributed by atoms with Crippen LogP contribution in [-0.4, -0.2) is 34.4 Å². The zero-order chi connectivity index (χ0) is 14.6. The third-order valence-corrected chi connectivity index (χ3v) is 3.18. The second-order valence-corrected chi connectivity index (χ2v) is 4.87. The van der Waals surface area contributed by atoms with E-state index in [-0.39, 0.29) is 24.3 Å². The van der Waals surface area contributed by atoms with Crippen LogP contribution in [0.25, 0.3) is 0 Å². The van der Waals surface area contributed by atoms with Gasteiger partial charge in [0.1, 0.15) is 0 Å². The predicted molar refractivity (Wildman–Crippen MR) is 75.5 cm³/mol. The van der Waals surface area contributed by atoms with E-state index in [1.165, 1.54) is 0 Å². The number of hydrogen-bond acceptors (Lipinski definition) is 3. The molecule has 1 rings (SSSR count). The normalized spacial score (nSPS) is 11.7. The molecule has 0 heterocycles.